The van der Waals surface area contributed by atoms with Crippen LogP contribution in [-0.4, -0.2) is 22.5 Å². The lowest BCUT2D eigenvalue weighted by atomic mass is 10.0. The van der Waals surface area contributed by atoms with Crippen LogP contribution in [0.1, 0.15) is 56.0 Å². The Morgan fingerprint density at radius 1 is 1.33 bits per heavy atom. The molecule has 0 saturated carbocycles. The molecule has 0 bridgehead atoms. The van der Waals surface area contributed by atoms with Gasteiger partial charge in [0.1, 0.15) is 0 Å². The van der Waals surface area contributed by atoms with Gasteiger partial charge in [-0.2, -0.15) is 0 Å². The monoisotopic (exact) mass is 303 g/mol. The SMILES string of the molecule is CCCNC(CC)c1nnc(C2CSc3ccccc32)o1. The van der Waals surface area contributed by atoms with Crippen molar-refractivity contribution in [3.8, 4) is 0 Å². The van der Waals surface area contributed by atoms with Gasteiger partial charge in [0, 0.05) is 10.6 Å². The van der Waals surface area contributed by atoms with Crippen LogP contribution < -0.4 is 5.32 Å². The number of nitrogens with zero attached hydrogens (tertiary/aromatic N) is 2. The first-order chi connectivity index (χ1) is 10.3. The Morgan fingerprint density at radius 3 is 3.00 bits per heavy atom. The van der Waals surface area contributed by atoms with Crippen LogP contribution in [0.4, 0.5) is 0 Å². The highest BCUT2D eigenvalue weighted by Gasteiger charge is 2.29. The fourth-order valence-corrected chi connectivity index (χ4v) is 3.84. The molecule has 1 N–H and O–H groups in total. The summed E-state index contributed by atoms with van der Waals surface area (Å²) in [5.41, 5.74) is 1.31. The van der Waals surface area contributed by atoms with E-state index in [1.807, 2.05) is 11.8 Å². The first-order valence-corrected chi connectivity index (χ1v) is 8.60. The zero-order valence-electron chi connectivity index (χ0n) is 12.5. The molecular formula is C16H21N3OS. The molecule has 21 heavy (non-hydrogen) atoms. The van der Waals surface area contributed by atoms with Gasteiger partial charge in [-0.25, -0.2) is 0 Å². The van der Waals surface area contributed by atoms with Crippen LogP contribution in [-0.2, 0) is 0 Å². The Hall–Kier alpha value is -1.33. The molecule has 0 saturated heterocycles. The third kappa shape index (κ3) is 2.99. The summed E-state index contributed by atoms with van der Waals surface area (Å²) >= 11 is 1.86. The van der Waals surface area contributed by atoms with Gasteiger partial charge in [-0.15, -0.1) is 22.0 Å². The molecule has 112 valence electrons. The summed E-state index contributed by atoms with van der Waals surface area (Å²) in [6.07, 6.45) is 2.06. The van der Waals surface area contributed by atoms with Gasteiger partial charge in [0.2, 0.25) is 11.8 Å². The van der Waals surface area contributed by atoms with E-state index in [2.05, 4.69) is 53.6 Å². The van der Waals surface area contributed by atoms with E-state index in [4.69, 9.17) is 4.42 Å². The number of aromatic nitrogens is 2. The molecule has 0 fully saturated rings. The molecule has 0 aliphatic carbocycles. The number of fused-ring (bicyclic) bond motifs is 1. The molecule has 0 radical (unpaired) electrons. The summed E-state index contributed by atoms with van der Waals surface area (Å²) in [7, 11) is 0. The summed E-state index contributed by atoms with van der Waals surface area (Å²) in [5, 5.41) is 12.0. The third-order valence-corrected chi connectivity index (χ3v) is 4.98. The summed E-state index contributed by atoms with van der Waals surface area (Å²) in [6.45, 7) is 5.27. The molecule has 0 amide bonds. The van der Waals surface area contributed by atoms with Crippen molar-refractivity contribution in [3.63, 3.8) is 0 Å². The molecule has 4 nitrogen and oxygen atoms in total. The Kier molecular flexibility index (Phi) is 4.60. The Labute approximate surface area is 129 Å². The first kappa shape index (κ1) is 14.6. The van der Waals surface area contributed by atoms with Crippen LogP contribution in [0.3, 0.4) is 0 Å². The van der Waals surface area contributed by atoms with Crippen molar-refractivity contribution in [3.05, 3.63) is 41.6 Å². The first-order valence-electron chi connectivity index (χ1n) is 7.61. The summed E-state index contributed by atoms with van der Waals surface area (Å²) in [4.78, 5) is 1.33. The van der Waals surface area contributed by atoms with E-state index in [-0.39, 0.29) is 12.0 Å². The average molecular weight is 303 g/mol. The molecular weight excluding hydrogens is 282 g/mol. The van der Waals surface area contributed by atoms with Gasteiger partial charge in [0.25, 0.3) is 0 Å². The number of hydrogen-bond donors (Lipinski definition) is 1. The van der Waals surface area contributed by atoms with Gasteiger partial charge >= 0.3 is 0 Å². The molecule has 3 rings (SSSR count). The van der Waals surface area contributed by atoms with Crippen molar-refractivity contribution < 1.29 is 4.42 Å². The zero-order chi connectivity index (χ0) is 14.7. The van der Waals surface area contributed by atoms with Crippen molar-refractivity contribution in [2.45, 2.75) is 43.5 Å². The molecule has 2 unspecified atom stereocenters. The van der Waals surface area contributed by atoms with Crippen LogP contribution in [0, 0.1) is 0 Å². The molecule has 1 aliphatic rings. The predicted octanol–water partition coefficient (Wildman–Crippen LogP) is 3.76. The lowest BCUT2D eigenvalue weighted by Gasteiger charge is -2.11. The van der Waals surface area contributed by atoms with E-state index in [0.29, 0.717) is 0 Å². The normalized spacial score (nSPS) is 18.7. The second kappa shape index (κ2) is 6.62. The van der Waals surface area contributed by atoms with Gasteiger partial charge in [0.15, 0.2) is 0 Å². The van der Waals surface area contributed by atoms with Crippen LogP contribution >= 0.6 is 11.8 Å². The molecule has 0 spiro atoms. The molecule has 5 heteroatoms. The van der Waals surface area contributed by atoms with Crippen molar-refractivity contribution >= 4 is 11.8 Å². The predicted molar refractivity (Wildman–Crippen MR) is 84.6 cm³/mol. The highest BCUT2D eigenvalue weighted by atomic mass is 32.2. The van der Waals surface area contributed by atoms with Crippen LogP contribution in [0.2, 0.25) is 0 Å². The molecule has 1 aromatic carbocycles. The number of nitrogens with one attached hydrogen (secondary N) is 1. The van der Waals surface area contributed by atoms with E-state index in [1.54, 1.807) is 0 Å². The van der Waals surface area contributed by atoms with Crippen molar-refractivity contribution in [1.82, 2.24) is 15.5 Å². The summed E-state index contributed by atoms with van der Waals surface area (Å²) < 4.78 is 5.98. The van der Waals surface area contributed by atoms with Gasteiger partial charge in [-0.1, -0.05) is 32.0 Å². The van der Waals surface area contributed by atoms with Gasteiger partial charge in [-0.05, 0) is 31.0 Å². The Bertz CT molecular complexity index is 599. The maximum Gasteiger partial charge on any atom is 0.233 e. The lowest BCUT2D eigenvalue weighted by Crippen LogP contribution is -2.21. The van der Waals surface area contributed by atoms with E-state index in [1.165, 1.54) is 10.5 Å². The van der Waals surface area contributed by atoms with Crippen LogP contribution in [0.15, 0.2) is 33.6 Å². The van der Waals surface area contributed by atoms with Gasteiger partial charge in [-0.3, -0.25) is 0 Å². The molecule has 2 aromatic rings. The molecule has 2 atom stereocenters. The maximum atomic E-state index is 5.98. The lowest BCUT2D eigenvalue weighted by molar-refractivity contribution is 0.369. The Balaban J connectivity index is 1.79. The van der Waals surface area contributed by atoms with Gasteiger partial charge < -0.3 is 9.73 Å². The Morgan fingerprint density at radius 2 is 2.19 bits per heavy atom. The summed E-state index contributed by atoms with van der Waals surface area (Å²) in [5.74, 6) is 2.69. The van der Waals surface area contributed by atoms with E-state index >= 15 is 0 Å². The van der Waals surface area contributed by atoms with Crippen LogP contribution in [0.25, 0.3) is 0 Å². The standard InChI is InChI=1S/C16H21N3OS/c1-3-9-17-13(4-2)16-19-18-15(20-16)12-10-21-14-8-6-5-7-11(12)14/h5-8,12-13,17H,3-4,9-10H2,1-2H3. The highest BCUT2D eigenvalue weighted by Crippen LogP contribution is 2.42. The fraction of sp³-hybridized carbons (Fsp3) is 0.500. The minimum atomic E-state index is 0.162. The summed E-state index contributed by atoms with van der Waals surface area (Å²) in [6, 6.07) is 8.64. The van der Waals surface area contributed by atoms with E-state index in [0.717, 1.165) is 36.9 Å². The minimum Gasteiger partial charge on any atom is -0.423 e. The van der Waals surface area contributed by atoms with E-state index in [9.17, 15) is 0 Å². The van der Waals surface area contributed by atoms with Crippen molar-refractivity contribution in [2.24, 2.45) is 0 Å². The number of benzene rings is 1. The maximum absolute atomic E-state index is 5.98. The van der Waals surface area contributed by atoms with E-state index < -0.39 is 0 Å². The van der Waals surface area contributed by atoms with Gasteiger partial charge in [0.05, 0.1) is 12.0 Å². The van der Waals surface area contributed by atoms with Crippen molar-refractivity contribution in [1.29, 1.82) is 0 Å². The second-order valence-electron chi connectivity index (χ2n) is 5.29. The molecule has 2 heterocycles. The third-order valence-electron chi connectivity index (χ3n) is 3.80. The number of hydrogen-bond acceptors (Lipinski definition) is 5. The minimum absolute atomic E-state index is 0.162. The van der Waals surface area contributed by atoms with Crippen molar-refractivity contribution in [2.75, 3.05) is 12.3 Å². The number of rotatable bonds is 6. The number of thioether (sulfide) groups is 1. The largest absolute Gasteiger partial charge is 0.423 e. The average Bonchev–Trinajstić information content (AvgIpc) is 3.14. The topological polar surface area (TPSA) is 51.0 Å². The fourth-order valence-electron chi connectivity index (χ4n) is 2.62. The molecule has 1 aromatic heterocycles. The highest BCUT2D eigenvalue weighted by molar-refractivity contribution is 7.99. The van der Waals surface area contributed by atoms with Crippen LogP contribution in [0.5, 0.6) is 0 Å². The smallest absolute Gasteiger partial charge is 0.233 e. The molecule has 1 aliphatic heterocycles. The quantitative estimate of drug-likeness (QED) is 0.880. The zero-order valence-corrected chi connectivity index (χ0v) is 13.3. The second-order valence-corrected chi connectivity index (χ2v) is 6.36.